The lowest BCUT2D eigenvalue weighted by molar-refractivity contribution is -0.135. The lowest BCUT2D eigenvalue weighted by Crippen LogP contribution is -2.51. The number of hydrogen-bond acceptors (Lipinski definition) is 7. The maximum absolute atomic E-state index is 12.7. The zero-order valence-electron chi connectivity index (χ0n) is 23.2. The molecule has 0 spiro atoms. The van der Waals surface area contributed by atoms with E-state index in [1.165, 1.54) is 10.1 Å². The number of carbonyl (C=O) groups is 3. The van der Waals surface area contributed by atoms with Crippen LogP contribution in [0.2, 0.25) is 0 Å². The molecule has 4 heterocycles. The third-order valence-corrected chi connectivity index (χ3v) is 8.08. The first-order chi connectivity index (χ1) is 18.6. The van der Waals surface area contributed by atoms with Gasteiger partial charge >= 0.3 is 11.8 Å². The number of benzene rings is 1. The Morgan fingerprint density at radius 1 is 0.949 bits per heavy atom. The Balaban J connectivity index is 1.11. The first-order valence-electron chi connectivity index (χ1n) is 14.1. The molecule has 39 heavy (non-hydrogen) atoms. The van der Waals surface area contributed by atoms with Crippen LogP contribution in [0, 0.1) is 0 Å². The molecule has 11 heteroatoms. The smallest absolute Gasteiger partial charge is 0.410 e. The predicted octanol–water partition coefficient (Wildman–Crippen LogP) is 2.04. The van der Waals surface area contributed by atoms with Crippen molar-refractivity contribution >= 4 is 28.9 Å². The highest BCUT2D eigenvalue weighted by atomic mass is 16.6. The third kappa shape index (κ3) is 6.36. The fourth-order valence-electron chi connectivity index (χ4n) is 5.89. The van der Waals surface area contributed by atoms with Gasteiger partial charge in [-0.2, -0.15) is 0 Å². The van der Waals surface area contributed by atoms with E-state index < -0.39 is 17.6 Å². The van der Waals surface area contributed by atoms with E-state index in [1.807, 2.05) is 32.9 Å². The second-order valence-corrected chi connectivity index (χ2v) is 12.0. The number of piperazine rings is 1. The minimum Gasteiger partial charge on any atom is -0.444 e. The number of imide groups is 1. The van der Waals surface area contributed by atoms with Crippen LogP contribution < -0.4 is 11.0 Å². The van der Waals surface area contributed by atoms with Gasteiger partial charge in [0.25, 0.3) is 0 Å². The first kappa shape index (κ1) is 27.4. The predicted molar refractivity (Wildman–Crippen MR) is 147 cm³/mol. The van der Waals surface area contributed by atoms with Gasteiger partial charge in [0.05, 0.1) is 11.0 Å². The van der Waals surface area contributed by atoms with Crippen molar-refractivity contribution in [3.8, 4) is 0 Å². The lowest BCUT2D eigenvalue weighted by atomic mass is 9.89. The van der Waals surface area contributed by atoms with Gasteiger partial charge in [-0.1, -0.05) is 6.07 Å². The van der Waals surface area contributed by atoms with Gasteiger partial charge in [-0.05, 0) is 76.7 Å². The largest absolute Gasteiger partial charge is 0.444 e. The van der Waals surface area contributed by atoms with E-state index in [0.717, 1.165) is 57.6 Å². The monoisotopic (exact) mass is 540 g/mol. The summed E-state index contributed by atoms with van der Waals surface area (Å²) in [7, 11) is 0. The van der Waals surface area contributed by atoms with Crippen molar-refractivity contribution in [3.05, 3.63) is 34.2 Å². The minimum absolute atomic E-state index is 0.223. The number of imidazole rings is 1. The van der Waals surface area contributed by atoms with Gasteiger partial charge in [0.1, 0.15) is 11.6 Å². The summed E-state index contributed by atoms with van der Waals surface area (Å²) in [4.78, 5) is 58.5. The highest BCUT2D eigenvalue weighted by Gasteiger charge is 2.31. The Morgan fingerprint density at radius 2 is 1.62 bits per heavy atom. The van der Waals surface area contributed by atoms with Crippen molar-refractivity contribution in [1.29, 1.82) is 0 Å². The molecule has 1 unspecified atom stereocenters. The molecule has 3 aliphatic heterocycles. The number of aromatic amines is 1. The van der Waals surface area contributed by atoms with Crippen LogP contribution in [-0.4, -0.2) is 100 Å². The van der Waals surface area contributed by atoms with Crippen molar-refractivity contribution < 1.29 is 19.1 Å². The molecular weight excluding hydrogens is 500 g/mol. The lowest BCUT2D eigenvalue weighted by Gasteiger charge is -2.37. The van der Waals surface area contributed by atoms with Crippen molar-refractivity contribution in [2.45, 2.75) is 64.0 Å². The van der Waals surface area contributed by atoms with Crippen LogP contribution in [0.5, 0.6) is 0 Å². The van der Waals surface area contributed by atoms with Gasteiger partial charge in [0, 0.05) is 45.7 Å². The summed E-state index contributed by atoms with van der Waals surface area (Å²) >= 11 is 0. The molecule has 3 amide bonds. The topological polar surface area (TPSA) is 120 Å². The summed E-state index contributed by atoms with van der Waals surface area (Å²) < 4.78 is 6.98. The van der Waals surface area contributed by atoms with E-state index in [9.17, 15) is 19.2 Å². The highest BCUT2D eigenvalue weighted by molar-refractivity contribution is 6.00. The van der Waals surface area contributed by atoms with Crippen LogP contribution in [0.15, 0.2) is 23.0 Å². The van der Waals surface area contributed by atoms with Crippen molar-refractivity contribution in [2.75, 3.05) is 52.4 Å². The normalized spacial score (nSPS) is 22.3. The fourth-order valence-corrected chi connectivity index (χ4v) is 5.89. The number of amides is 3. The Kier molecular flexibility index (Phi) is 7.82. The molecule has 2 N–H and O–H groups in total. The number of nitrogens with one attached hydrogen (secondary N) is 2. The molecule has 0 saturated carbocycles. The molecule has 1 aromatic heterocycles. The standard InChI is InChI=1S/C28H40N6O5/c1-28(2,3)39-27(38)33-16-14-32(15-17-33)13-12-31-10-8-19(9-11-31)20-4-5-22-21(18-20)29-26(37)34(22)23-6-7-24(35)30-25(23)36/h4-5,18-19,23H,6-17H2,1-3H3,(H,29,37)(H,30,35,36). The van der Waals surface area contributed by atoms with E-state index in [-0.39, 0.29) is 24.1 Å². The second kappa shape index (κ2) is 11.1. The molecule has 212 valence electrons. The number of nitrogens with zero attached hydrogens (tertiary/aromatic N) is 4. The van der Waals surface area contributed by atoms with Crippen LogP contribution >= 0.6 is 0 Å². The van der Waals surface area contributed by atoms with Crippen LogP contribution in [0.1, 0.15) is 64.0 Å². The van der Waals surface area contributed by atoms with Crippen LogP contribution in [0.3, 0.4) is 0 Å². The molecule has 3 fully saturated rings. The average molecular weight is 541 g/mol. The van der Waals surface area contributed by atoms with Crippen molar-refractivity contribution in [3.63, 3.8) is 0 Å². The van der Waals surface area contributed by atoms with Crippen molar-refractivity contribution in [1.82, 2.24) is 29.6 Å². The fraction of sp³-hybridized carbons (Fsp3) is 0.643. The number of fused-ring (bicyclic) bond motifs is 1. The van der Waals surface area contributed by atoms with Crippen molar-refractivity contribution in [2.24, 2.45) is 0 Å². The molecule has 3 aliphatic rings. The van der Waals surface area contributed by atoms with Gasteiger partial charge in [-0.3, -0.25) is 24.4 Å². The molecule has 5 rings (SSSR count). The Morgan fingerprint density at radius 3 is 2.26 bits per heavy atom. The molecule has 1 atom stereocenters. The van der Waals surface area contributed by atoms with Crippen LogP contribution in [0.25, 0.3) is 11.0 Å². The maximum Gasteiger partial charge on any atom is 0.410 e. The van der Waals surface area contributed by atoms with E-state index in [4.69, 9.17) is 4.74 Å². The second-order valence-electron chi connectivity index (χ2n) is 12.0. The minimum atomic E-state index is -0.668. The Hall–Kier alpha value is -3.18. The zero-order chi connectivity index (χ0) is 27.7. The number of piperidine rings is 2. The van der Waals surface area contributed by atoms with Crippen LogP contribution in [0.4, 0.5) is 4.79 Å². The summed E-state index contributed by atoms with van der Waals surface area (Å²) in [5.74, 6) is -0.292. The SMILES string of the molecule is CC(C)(C)OC(=O)N1CCN(CCN2CCC(c3ccc4c(c3)[nH]c(=O)n4C3CCC(=O)NC3=O)CC2)CC1. The zero-order valence-corrected chi connectivity index (χ0v) is 23.2. The molecule has 11 nitrogen and oxygen atoms in total. The Bertz CT molecular complexity index is 1280. The third-order valence-electron chi connectivity index (χ3n) is 8.08. The van der Waals surface area contributed by atoms with E-state index in [1.54, 1.807) is 4.90 Å². The molecule has 0 bridgehead atoms. The summed E-state index contributed by atoms with van der Waals surface area (Å²) in [6.45, 7) is 12.9. The number of ether oxygens (including phenoxy) is 1. The Labute approximate surface area is 228 Å². The van der Waals surface area contributed by atoms with Gasteiger partial charge in [-0.25, -0.2) is 9.59 Å². The maximum atomic E-state index is 12.7. The van der Waals surface area contributed by atoms with E-state index in [2.05, 4.69) is 26.2 Å². The number of aromatic nitrogens is 2. The molecule has 0 aliphatic carbocycles. The van der Waals surface area contributed by atoms with Gasteiger partial charge in [0.15, 0.2) is 0 Å². The quantitative estimate of drug-likeness (QED) is 0.557. The van der Waals surface area contributed by atoms with Gasteiger partial charge in [-0.15, -0.1) is 0 Å². The summed E-state index contributed by atoms with van der Waals surface area (Å²) in [6.07, 6.45) is 2.44. The molecule has 2 aromatic rings. The molecule has 3 saturated heterocycles. The number of rotatable bonds is 5. The molecule has 0 radical (unpaired) electrons. The number of likely N-dealkylation sites (tertiary alicyclic amines) is 1. The van der Waals surface area contributed by atoms with E-state index >= 15 is 0 Å². The first-order valence-corrected chi connectivity index (χ1v) is 14.1. The summed E-state index contributed by atoms with van der Waals surface area (Å²) in [6, 6.07) is 5.38. The van der Waals surface area contributed by atoms with Crippen LogP contribution in [-0.2, 0) is 14.3 Å². The molecule has 1 aromatic carbocycles. The van der Waals surface area contributed by atoms with Gasteiger partial charge in [0.2, 0.25) is 11.8 Å². The van der Waals surface area contributed by atoms with Gasteiger partial charge < -0.3 is 19.5 Å². The summed E-state index contributed by atoms with van der Waals surface area (Å²) in [5.41, 5.74) is 1.85. The number of carbonyl (C=O) groups excluding carboxylic acids is 3. The molecular formula is C28H40N6O5. The average Bonchev–Trinajstić information content (AvgIpc) is 3.22. The number of hydrogen-bond donors (Lipinski definition) is 2. The van der Waals surface area contributed by atoms with E-state index in [0.29, 0.717) is 30.9 Å². The number of H-pyrrole nitrogens is 1. The summed E-state index contributed by atoms with van der Waals surface area (Å²) in [5, 5.41) is 2.34. The highest BCUT2D eigenvalue weighted by Crippen LogP contribution is 2.31.